The molecule has 0 aliphatic heterocycles. The fourth-order valence-corrected chi connectivity index (χ4v) is 1.89. The van der Waals surface area contributed by atoms with E-state index in [0.717, 1.165) is 38.8 Å². The van der Waals surface area contributed by atoms with Crippen molar-refractivity contribution in [3.8, 4) is 0 Å². The van der Waals surface area contributed by atoms with Crippen LogP contribution in [-0.4, -0.2) is 30.9 Å². The predicted molar refractivity (Wildman–Crippen MR) is 87.6 cm³/mol. The Labute approximate surface area is 125 Å². The molecular weight excluding hydrogens is 248 g/mol. The van der Waals surface area contributed by atoms with E-state index in [0.29, 0.717) is 11.8 Å². The molecular formula is C17H34N2O. The molecule has 0 unspecified atom stereocenters. The Morgan fingerprint density at radius 3 is 2.40 bits per heavy atom. The van der Waals surface area contributed by atoms with Crippen LogP contribution in [0.15, 0.2) is 12.3 Å². The van der Waals surface area contributed by atoms with E-state index in [1.165, 1.54) is 12.1 Å². The third-order valence-corrected chi connectivity index (χ3v) is 3.42. The minimum atomic E-state index is 0.176. The predicted octanol–water partition coefficient (Wildman–Crippen LogP) is 3.95. The molecule has 20 heavy (non-hydrogen) atoms. The third kappa shape index (κ3) is 10.9. The largest absolute Gasteiger partial charge is 0.378 e. The fraction of sp³-hybridized carbons (Fsp3) is 0.824. The van der Waals surface area contributed by atoms with Gasteiger partial charge in [-0.15, -0.1) is 0 Å². The standard InChI is InChI=1S/C17H34N2O/c1-7-10-16(20)18-13-8-9-14-19(6)15(2)11-12-17(3,4)5/h2,7-14H2,1,3-6H3,(H,18,20). The second-order valence-corrected chi connectivity index (χ2v) is 6.86. The zero-order valence-corrected chi connectivity index (χ0v) is 14.2. The van der Waals surface area contributed by atoms with Gasteiger partial charge in [0, 0.05) is 32.3 Å². The van der Waals surface area contributed by atoms with Crippen molar-refractivity contribution in [2.24, 2.45) is 5.41 Å². The van der Waals surface area contributed by atoms with Gasteiger partial charge in [-0.05, 0) is 37.5 Å². The number of nitrogens with one attached hydrogen (secondary N) is 1. The first-order valence-corrected chi connectivity index (χ1v) is 7.92. The Balaban J connectivity index is 3.64. The molecule has 0 saturated carbocycles. The quantitative estimate of drug-likeness (QED) is 0.615. The van der Waals surface area contributed by atoms with Gasteiger partial charge in [0.05, 0.1) is 0 Å². The Kier molecular flexibility index (Phi) is 9.35. The SMILES string of the molecule is C=C(CCC(C)(C)C)N(C)CCCCNC(=O)CCC. The molecule has 0 spiro atoms. The highest BCUT2D eigenvalue weighted by Crippen LogP contribution is 2.23. The Hall–Kier alpha value is -0.990. The second-order valence-electron chi connectivity index (χ2n) is 6.86. The van der Waals surface area contributed by atoms with Gasteiger partial charge in [0.1, 0.15) is 0 Å². The van der Waals surface area contributed by atoms with Gasteiger partial charge in [-0.3, -0.25) is 4.79 Å². The molecule has 0 radical (unpaired) electrons. The van der Waals surface area contributed by atoms with Crippen LogP contribution >= 0.6 is 0 Å². The van der Waals surface area contributed by atoms with Crippen molar-refractivity contribution in [3.63, 3.8) is 0 Å². The third-order valence-electron chi connectivity index (χ3n) is 3.42. The molecule has 0 saturated heterocycles. The topological polar surface area (TPSA) is 32.3 Å². The maximum absolute atomic E-state index is 11.3. The number of rotatable bonds is 10. The fourth-order valence-electron chi connectivity index (χ4n) is 1.89. The number of unbranched alkanes of at least 4 members (excludes halogenated alkanes) is 1. The van der Waals surface area contributed by atoms with E-state index < -0.39 is 0 Å². The summed E-state index contributed by atoms with van der Waals surface area (Å²) in [4.78, 5) is 13.5. The van der Waals surface area contributed by atoms with Crippen molar-refractivity contribution in [2.45, 2.75) is 66.2 Å². The van der Waals surface area contributed by atoms with E-state index in [1.807, 2.05) is 6.92 Å². The van der Waals surface area contributed by atoms with E-state index in [9.17, 15) is 4.79 Å². The van der Waals surface area contributed by atoms with Crippen LogP contribution in [-0.2, 0) is 4.79 Å². The number of nitrogens with zero attached hydrogens (tertiary/aromatic N) is 1. The summed E-state index contributed by atoms with van der Waals surface area (Å²) in [7, 11) is 2.11. The summed E-state index contributed by atoms with van der Waals surface area (Å²) in [6, 6.07) is 0. The van der Waals surface area contributed by atoms with Crippen molar-refractivity contribution in [1.82, 2.24) is 10.2 Å². The van der Waals surface area contributed by atoms with Crippen molar-refractivity contribution in [2.75, 3.05) is 20.1 Å². The van der Waals surface area contributed by atoms with Gasteiger partial charge in [-0.2, -0.15) is 0 Å². The summed E-state index contributed by atoms with van der Waals surface area (Å²) in [5, 5.41) is 2.95. The van der Waals surface area contributed by atoms with Crippen LogP contribution in [0.3, 0.4) is 0 Å². The molecule has 0 bridgehead atoms. The molecule has 1 amide bonds. The lowest BCUT2D eigenvalue weighted by Crippen LogP contribution is -2.25. The number of hydrogen-bond acceptors (Lipinski definition) is 2. The van der Waals surface area contributed by atoms with Crippen molar-refractivity contribution < 1.29 is 4.79 Å². The summed E-state index contributed by atoms with van der Waals surface area (Å²) in [6.45, 7) is 14.8. The summed E-state index contributed by atoms with van der Waals surface area (Å²) in [6.07, 6.45) is 5.92. The lowest BCUT2D eigenvalue weighted by atomic mass is 9.90. The zero-order valence-electron chi connectivity index (χ0n) is 14.2. The van der Waals surface area contributed by atoms with Crippen LogP contribution in [0.25, 0.3) is 0 Å². The molecule has 3 heteroatoms. The zero-order chi connectivity index (χ0) is 15.6. The molecule has 3 nitrogen and oxygen atoms in total. The van der Waals surface area contributed by atoms with Crippen LogP contribution < -0.4 is 5.32 Å². The number of allylic oxidation sites excluding steroid dienone is 1. The lowest BCUT2D eigenvalue weighted by molar-refractivity contribution is -0.121. The summed E-state index contributed by atoms with van der Waals surface area (Å²) in [5.41, 5.74) is 1.59. The molecule has 0 fully saturated rings. The average Bonchev–Trinajstić information content (AvgIpc) is 2.34. The van der Waals surface area contributed by atoms with Gasteiger partial charge in [0.2, 0.25) is 5.91 Å². The summed E-state index contributed by atoms with van der Waals surface area (Å²) >= 11 is 0. The number of amides is 1. The van der Waals surface area contributed by atoms with Gasteiger partial charge >= 0.3 is 0 Å². The van der Waals surface area contributed by atoms with Gasteiger partial charge < -0.3 is 10.2 Å². The Morgan fingerprint density at radius 2 is 1.85 bits per heavy atom. The summed E-state index contributed by atoms with van der Waals surface area (Å²) < 4.78 is 0. The summed E-state index contributed by atoms with van der Waals surface area (Å²) in [5.74, 6) is 0.176. The molecule has 1 N–H and O–H groups in total. The van der Waals surface area contributed by atoms with E-state index in [1.54, 1.807) is 0 Å². The number of hydrogen-bond donors (Lipinski definition) is 1. The molecule has 0 heterocycles. The monoisotopic (exact) mass is 282 g/mol. The number of carbonyl (C=O) groups is 1. The van der Waals surface area contributed by atoms with E-state index in [2.05, 4.69) is 44.6 Å². The molecule has 0 aromatic heterocycles. The highest BCUT2D eigenvalue weighted by atomic mass is 16.1. The highest BCUT2D eigenvalue weighted by molar-refractivity contribution is 5.75. The normalized spacial score (nSPS) is 11.2. The van der Waals surface area contributed by atoms with E-state index in [4.69, 9.17) is 0 Å². The first kappa shape index (κ1) is 19.0. The minimum absolute atomic E-state index is 0.176. The van der Waals surface area contributed by atoms with Crippen LogP contribution in [0.2, 0.25) is 0 Å². The van der Waals surface area contributed by atoms with Crippen molar-refractivity contribution in [1.29, 1.82) is 0 Å². The van der Waals surface area contributed by atoms with Gasteiger partial charge in [-0.25, -0.2) is 0 Å². The molecule has 0 atom stereocenters. The van der Waals surface area contributed by atoms with Gasteiger partial charge in [0.25, 0.3) is 0 Å². The maximum atomic E-state index is 11.3. The van der Waals surface area contributed by atoms with Gasteiger partial charge in [-0.1, -0.05) is 34.3 Å². The van der Waals surface area contributed by atoms with Crippen LogP contribution in [0.1, 0.15) is 66.2 Å². The maximum Gasteiger partial charge on any atom is 0.219 e. The Morgan fingerprint density at radius 1 is 1.20 bits per heavy atom. The second kappa shape index (κ2) is 9.84. The first-order chi connectivity index (χ1) is 9.26. The molecule has 0 aromatic rings. The molecule has 118 valence electrons. The molecule has 0 aliphatic carbocycles. The van der Waals surface area contributed by atoms with Crippen LogP contribution in [0.4, 0.5) is 0 Å². The van der Waals surface area contributed by atoms with Crippen molar-refractivity contribution in [3.05, 3.63) is 12.3 Å². The highest BCUT2D eigenvalue weighted by Gasteiger charge is 2.11. The average molecular weight is 282 g/mol. The van der Waals surface area contributed by atoms with Crippen LogP contribution in [0, 0.1) is 5.41 Å². The van der Waals surface area contributed by atoms with E-state index >= 15 is 0 Å². The molecule has 0 aliphatic rings. The minimum Gasteiger partial charge on any atom is -0.378 e. The van der Waals surface area contributed by atoms with Crippen molar-refractivity contribution >= 4 is 5.91 Å². The van der Waals surface area contributed by atoms with Crippen LogP contribution in [0.5, 0.6) is 0 Å². The molecule has 0 rings (SSSR count). The lowest BCUT2D eigenvalue weighted by Gasteiger charge is -2.25. The first-order valence-electron chi connectivity index (χ1n) is 7.92. The smallest absolute Gasteiger partial charge is 0.219 e. The molecule has 0 aromatic carbocycles. The number of carbonyl (C=O) groups excluding carboxylic acids is 1. The van der Waals surface area contributed by atoms with E-state index in [-0.39, 0.29) is 5.91 Å². The Bertz CT molecular complexity index is 292. The van der Waals surface area contributed by atoms with Gasteiger partial charge in [0.15, 0.2) is 0 Å².